The van der Waals surface area contributed by atoms with Crippen LogP contribution in [0.2, 0.25) is 0 Å². The van der Waals surface area contributed by atoms with E-state index in [2.05, 4.69) is 10.4 Å². The van der Waals surface area contributed by atoms with Crippen LogP contribution in [-0.4, -0.2) is 77.8 Å². The van der Waals surface area contributed by atoms with Crippen molar-refractivity contribution in [1.29, 1.82) is 0 Å². The van der Waals surface area contributed by atoms with E-state index in [9.17, 15) is 9.59 Å². The van der Waals surface area contributed by atoms with E-state index in [0.29, 0.717) is 44.0 Å². The van der Waals surface area contributed by atoms with E-state index in [1.165, 1.54) is 0 Å². The Morgan fingerprint density at radius 2 is 1.90 bits per heavy atom. The lowest BCUT2D eigenvalue weighted by molar-refractivity contribution is -0.136. The van der Waals surface area contributed by atoms with E-state index >= 15 is 0 Å². The molecule has 2 atom stereocenters. The molecular formula is C21H27N5O3. The smallest absolute Gasteiger partial charge is 0.254 e. The van der Waals surface area contributed by atoms with Crippen molar-refractivity contribution in [1.82, 2.24) is 24.9 Å². The summed E-state index contributed by atoms with van der Waals surface area (Å²) in [7, 11) is 3.48. The number of benzene rings is 1. The number of hydrogen-bond acceptors (Lipinski definition) is 5. The first-order valence-corrected chi connectivity index (χ1v) is 9.98. The molecule has 2 aromatic rings. The standard InChI is InChI=1S/C21H27N5O3/c1-24-14-16(11-23-24)18-12-22-13-19(18)21(28)26-8-6-25(7-9-26)20(27)15-4-3-5-17(10-15)29-2/h3-5,10-11,14,18-19,22H,6-9,12-13H2,1-2H3/t18-,19+/m1/s1. The lowest BCUT2D eigenvalue weighted by Crippen LogP contribution is -2.52. The van der Waals surface area contributed by atoms with Crippen LogP contribution in [0.25, 0.3) is 0 Å². The van der Waals surface area contributed by atoms with Crippen molar-refractivity contribution in [3.8, 4) is 5.75 Å². The highest BCUT2D eigenvalue weighted by atomic mass is 16.5. The lowest BCUT2D eigenvalue weighted by atomic mass is 9.89. The molecule has 2 aliphatic rings. The molecule has 2 amide bonds. The van der Waals surface area contributed by atoms with Crippen LogP contribution in [0.3, 0.4) is 0 Å². The van der Waals surface area contributed by atoms with Crippen molar-refractivity contribution >= 4 is 11.8 Å². The van der Waals surface area contributed by atoms with Crippen LogP contribution in [0.1, 0.15) is 21.8 Å². The Morgan fingerprint density at radius 1 is 1.14 bits per heavy atom. The number of nitrogens with one attached hydrogen (secondary N) is 1. The minimum absolute atomic E-state index is 0.0215. The van der Waals surface area contributed by atoms with E-state index in [0.717, 1.165) is 12.1 Å². The van der Waals surface area contributed by atoms with Crippen LogP contribution in [-0.2, 0) is 11.8 Å². The van der Waals surface area contributed by atoms with Crippen molar-refractivity contribution in [3.63, 3.8) is 0 Å². The molecule has 4 rings (SSSR count). The summed E-state index contributed by atoms with van der Waals surface area (Å²) < 4.78 is 6.99. The highest BCUT2D eigenvalue weighted by Gasteiger charge is 2.38. The lowest BCUT2D eigenvalue weighted by Gasteiger charge is -2.36. The number of aromatic nitrogens is 2. The molecule has 8 nitrogen and oxygen atoms in total. The van der Waals surface area contributed by atoms with E-state index in [4.69, 9.17) is 4.74 Å². The number of rotatable bonds is 4. The van der Waals surface area contributed by atoms with Gasteiger partial charge in [-0.05, 0) is 23.8 Å². The van der Waals surface area contributed by atoms with Crippen LogP contribution < -0.4 is 10.1 Å². The normalized spacial score (nSPS) is 22.0. The predicted molar refractivity (Wildman–Crippen MR) is 108 cm³/mol. The molecule has 8 heteroatoms. The number of amides is 2. The molecule has 1 aromatic carbocycles. The van der Waals surface area contributed by atoms with Gasteiger partial charge in [0.1, 0.15) is 5.75 Å². The van der Waals surface area contributed by atoms with Crippen molar-refractivity contribution in [3.05, 3.63) is 47.8 Å². The molecule has 154 valence electrons. The Balaban J connectivity index is 1.37. The summed E-state index contributed by atoms with van der Waals surface area (Å²) in [5, 5.41) is 7.60. The first kappa shape index (κ1) is 19.4. The summed E-state index contributed by atoms with van der Waals surface area (Å²) in [5.74, 6) is 0.872. The average molecular weight is 397 g/mol. The molecule has 0 bridgehead atoms. The average Bonchev–Trinajstić information content (AvgIpc) is 3.41. The number of carbonyl (C=O) groups is 2. The van der Waals surface area contributed by atoms with E-state index in [1.807, 2.05) is 41.4 Å². The second kappa shape index (κ2) is 8.24. The minimum Gasteiger partial charge on any atom is -0.497 e. The number of methoxy groups -OCH3 is 1. The van der Waals surface area contributed by atoms with Crippen molar-refractivity contribution in [2.75, 3.05) is 46.4 Å². The van der Waals surface area contributed by atoms with Gasteiger partial charge in [0.25, 0.3) is 5.91 Å². The fourth-order valence-corrected chi connectivity index (χ4v) is 4.22. The van der Waals surface area contributed by atoms with Gasteiger partial charge in [0.05, 0.1) is 19.2 Å². The van der Waals surface area contributed by atoms with Crippen LogP contribution >= 0.6 is 0 Å². The number of hydrogen-bond donors (Lipinski definition) is 1. The molecule has 29 heavy (non-hydrogen) atoms. The molecule has 2 aliphatic heterocycles. The Kier molecular flexibility index (Phi) is 5.53. The van der Waals surface area contributed by atoms with Gasteiger partial charge in [0.15, 0.2) is 0 Å². The molecule has 1 N–H and O–H groups in total. The van der Waals surface area contributed by atoms with Crippen LogP contribution in [0.5, 0.6) is 5.75 Å². The van der Waals surface area contributed by atoms with Gasteiger partial charge in [-0.1, -0.05) is 6.07 Å². The summed E-state index contributed by atoms with van der Waals surface area (Å²) in [4.78, 5) is 29.7. The molecule has 2 saturated heterocycles. The fraction of sp³-hybridized carbons (Fsp3) is 0.476. The molecular weight excluding hydrogens is 370 g/mol. The first-order valence-electron chi connectivity index (χ1n) is 9.98. The Hall–Kier alpha value is -2.87. The monoisotopic (exact) mass is 397 g/mol. The van der Waals surface area contributed by atoms with Gasteiger partial charge in [-0.25, -0.2) is 0 Å². The first-order chi connectivity index (χ1) is 14.1. The van der Waals surface area contributed by atoms with E-state index < -0.39 is 0 Å². The second-order valence-electron chi connectivity index (χ2n) is 7.67. The van der Waals surface area contributed by atoms with Gasteiger partial charge in [-0.2, -0.15) is 5.10 Å². The maximum absolute atomic E-state index is 13.2. The SMILES string of the molecule is COc1cccc(C(=O)N2CCN(C(=O)[C@H]3CNC[C@@H]3c3cnn(C)c3)CC2)c1. The Morgan fingerprint density at radius 3 is 2.59 bits per heavy atom. The molecule has 0 spiro atoms. The number of ether oxygens (including phenoxy) is 1. The molecule has 2 fully saturated rings. The fourth-order valence-electron chi connectivity index (χ4n) is 4.22. The molecule has 0 saturated carbocycles. The summed E-state index contributed by atoms with van der Waals surface area (Å²) in [6.07, 6.45) is 3.84. The van der Waals surface area contributed by atoms with Gasteiger partial charge >= 0.3 is 0 Å². The van der Waals surface area contributed by atoms with Gasteiger partial charge in [0.2, 0.25) is 5.91 Å². The summed E-state index contributed by atoms with van der Waals surface area (Å²) >= 11 is 0. The van der Waals surface area contributed by atoms with Crippen LogP contribution in [0, 0.1) is 5.92 Å². The maximum atomic E-state index is 13.2. The summed E-state index contributed by atoms with van der Waals surface area (Å²) in [5.41, 5.74) is 1.71. The number of carbonyl (C=O) groups excluding carboxylic acids is 2. The van der Waals surface area contributed by atoms with Gasteiger partial charge < -0.3 is 19.9 Å². The quantitative estimate of drug-likeness (QED) is 0.822. The molecule has 0 radical (unpaired) electrons. The third-order valence-corrected chi connectivity index (χ3v) is 5.88. The predicted octanol–water partition coefficient (Wildman–Crippen LogP) is 0.716. The third-order valence-electron chi connectivity index (χ3n) is 5.88. The van der Waals surface area contributed by atoms with Crippen molar-refractivity contribution < 1.29 is 14.3 Å². The zero-order valence-corrected chi connectivity index (χ0v) is 16.9. The Labute approximate surface area is 170 Å². The molecule has 0 aliphatic carbocycles. The zero-order chi connectivity index (χ0) is 20.4. The minimum atomic E-state index is -0.0835. The maximum Gasteiger partial charge on any atom is 0.254 e. The topological polar surface area (TPSA) is 79.7 Å². The number of piperazine rings is 1. The van der Waals surface area contributed by atoms with Gasteiger partial charge in [-0.3, -0.25) is 14.3 Å². The van der Waals surface area contributed by atoms with Gasteiger partial charge in [0, 0.05) is 64.0 Å². The Bertz CT molecular complexity index is 888. The number of nitrogens with zero attached hydrogens (tertiary/aromatic N) is 4. The summed E-state index contributed by atoms with van der Waals surface area (Å²) in [6.45, 7) is 3.67. The summed E-state index contributed by atoms with van der Waals surface area (Å²) in [6, 6.07) is 7.19. The second-order valence-corrected chi connectivity index (χ2v) is 7.67. The molecule has 3 heterocycles. The largest absolute Gasteiger partial charge is 0.497 e. The third kappa shape index (κ3) is 3.98. The van der Waals surface area contributed by atoms with Crippen molar-refractivity contribution in [2.45, 2.75) is 5.92 Å². The van der Waals surface area contributed by atoms with E-state index in [1.54, 1.807) is 23.9 Å². The molecule has 0 unspecified atom stereocenters. The zero-order valence-electron chi connectivity index (χ0n) is 16.9. The van der Waals surface area contributed by atoms with Gasteiger partial charge in [-0.15, -0.1) is 0 Å². The number of aryl methyl sites for hydroxylation is 1. The highest BCUT2D eigenvalue weighted by Crippen LogP contribution is 2.29. The highest BCUT2D eigenvalue weighted by molar-refractivity contribution is 5.94. The van der Waals surface area contributed by atoms with Crippen LogP contribution in [0.15, 0.2) is 36.7 Å². The van der Waals surface area contributed by atoms with Crippen molar-refractivity contribution in [2.24, 2.45) is 13.0 Å². The van der Waals surface area contributed by atoms with E-state index in [-0.39, 0.29) is 23.7 Å². The van der Waals surface area contributed by atoms with Crippen LogP contribution in [0.4, 0.5) is 0 Å². The molecule has 1 aromatic heterocycles.